The first-order chi connectivity index (χ1) is 2.64. The fourth-order valence-corrected chi connectivity index (χ4v) is 0. The molecule has 0 unspecified atom stereocenters. The third kappa shape index (κ3) is 1.28. The molecule has 0 saturated heterocycles. The van der Waals surface area contributed by atoms with Gasteiger partial charge in [-0.1, -0.05) is 0 Å². The Bertz CT molecular complexity index is 71.5. The number of carboxylic acid groups (broad SMARTS) is 1. The van der Waals surface area contributed by atoms with Gasteiger partial charge in [-0.25, -0.2) is 4.79 Å². The van der Waals surface area contributed by atoms with Gasteiger partial charge in [-0.2, -0.15) is 0 Å². The molecule has 0 aliphatic carbocycles. The van der Waals surface area contributed by atoms with E-state index in [9.17, 15) is 4.79 Å². The Kier molecular flexibility index (Phi) is 1.15. The van der Waals surface area contributed by atoms with Gasteiger partial charge < -0.3 is 10.2 Å². The van der Waals surface area contributed by atoms with Crippen LogP contribution in [0.1, 0.15) is 0 Å². The second-order valence-corrected chi connectivity index (χ2v) is 0.634. The highest BCUT2D eigenvalue weighted by molar-refractivity contribution is 6.27. The third-order valence-corrected chi connectivity index (χ3v) is 0.194. The molecule has 4 nitrogen and oxygen atoms in total. The lowest BCUT2D eigenvalue weighted by Crippen LogP contribution is -2.09. The molecule has 0 saturated carbocycles. The fraction of sp³-hybridized carbons (Fsp3) is 0. The Morgan fingerprint density at radius 2 is 1.67 bits per heavy atom. The van der Waals surface area contributed by atoms with Crippen LogP contribution in [0.25, 0.3) is 0 Å². The number of hydrogen-bond donors (Lipinski definition) is 1. The van der Waals surface area contributed by atoms with Gasteiger partial charge in [0.25, 0.3) is 0 Å². The van der Waals surface area contributed by atoms with Gasteiger partial charge in [-0.15, -0.1) is 0 Å². The Hall–Kier alpha value is -1.06. The molecular weight excluding hydrogens is 88.0 g/mol. The summed E-state index contributed by atoms with van der Waals surface area (Å²) in [6.45, 7) is 0. The van der Waals surface area contributed by atoms with Crippen molar-refractivity contribution in [2.45, 2.75) is 0 Å². The zero-order valence-corrected chi connectivity index (χ0v) is 2.76. The van der Waals surface area contributed by atoms with Crippen molar-refractivity contribution in [1.29, 1.82) is 0 Å². The zero-order chi connectivity index (χ0) is 5.15. The van der Waals surface area contributed by atoms with Crippen molar-refractivity contribution in [2.24, 2.45) is 0 Å². The van der Waals surface area contributed by atoms with E-state index in [1.54, 1.807) is 0 Å². The monoisotopic (exact) mass is 91.0 g/mol. The molecule has 0 rings (SSSR count). The first-order valence-corrected chi connectivity index (χ1v) is 1.13. The van der Waals surface area contributed by atoms with Crippen molar-refractivity contribution >= 4 is 11.9 Å². The second kappa shape index (κ2) is 1.40. The maximum absolute atomic E-state index is 9.21. The van der Waals surface area contributed by atoms with Gasteiger partial charge in [0.1, 0.15) is 0 Å². The van der Waals surface area contributed by atoms with E-state index in [0.29, 0.717) is 0 Å². The van der Waals surface area contributed by atoms with Crippen LogP contribution >= 0.6 is 0 Å². The average Bonchev–Trinajstić information content (AvgIpc) is 1.36. The number of carboxylic acids is 1. The van der Waals surface area contributed by atoms with Crippen molar-refractivity contribution in [2.75, 3.05) is 0 Å². The predicted octanol–water partition coefficient (Wildman–Crippen LogP) is -1.68. The van der Waals surface area contributed by atoms with Crippen LogP contribution in [-0.4, -0.2) is 22.2 Å². The minimum absolute atomic E-state index is 1.57. The van der Waals surface area contributed by atoms with Crippen LogP contribution < -0.4 is 0 Å². The summed E-state index contributed by atoms with van der Waals surface area (Å²) in [5, 5.41) is 13.2. The van der Waals surface area contributed by atoms with Gasteiger partial charge >= 0.3 is 11.9 Å². The number of aliphatic carboxylic acids is 1. The van der Waals surface area contributed by atoms with E-state index in [4.69, 9.17) is 15.0 Å². The van der Waals surface area contributed by atoms with Crippen LogP contribution in [-0.2, 0) is 9.59 Å². The third-order valence-electron chi connectivity index (χ3n) is 0.194. The number of hydrogen-bond acceptors (Lipinski definition) is 2. The molecule has 0 heterocycles. The summed E-state index contributed by atoms with van der Waals surface area (Å²) in [5.41, 5.74) is 0. The number of carbonyl (C=O) groups excluding carboxylic acids is 1. The average molecular weight is 91.0 g/mol. The molecule has 0 aromatic carbocycles. The molecule has 3 N–H and O–H groups in total. The molecule has 0 aliphatic heterocycles. The summed E-state index contributed by atoms with van der Waals surface area (Å²) in [4.78, 5) is 18.4. The molecule has 0 atom stereocenters. The maximum Gasteiger partial charge on any atom is 0.627 e. The molecule has 6 heavy (non-hydrogen) atoms. The fourth-order valence-electron chi connectivity index (χ4n) is 0. The maximum atomic E-state index is 9.21. The van der Waals surface area contributed by atoms with Crippen molar-refractivity contribution in [1.82, 2.24) is 0 Å². The highest BCUT2D eigenvalue weighted by atomic mass is 16.4. The van der Waals surface area contributed by atoms with Crippen LogP contribution in [0.3, 0.4) is 0 Å². The minimum Gasteiger partial charge on any atom is -0.556 e. The highest BCUT2D eigenvalue weighted by Crippen LogP contribution is 1.56. The summed E-state index contributed by atoms with van der Waals surface area (Å²) in [7, 11) is 0. The smallest absolute Gasteiger partial charge is 0.556 e. The number of rotatable bonds is 0. The van der Waals surface area contributed by atoms with Gasteiger partial charge in [0.05, 0.1) is 4.79 Å². The lowest BCUT2D eigenvalue weighted by atomic mass is 10.7. The van der Waals surface area contributed by atoms with Gasteiger partial charge in [0.15, 0.2) is 0 Å². The summed E-state index contributed by atoms with van der Waals surface area (Å²) in [5.74, 6) is -3.29. The lowest BCUT2D eigenvalue weighted by molar-refractivity contribution is -0.159. The van der Waals surface area contributed by atoms with Gasteiger partial charge in [0.2, 0.25) is 0 Å². The normalized spacial score (nSPS) is 7.33. The summed E-state index contributed by atoms with van der Waals surface area (Å²) in [6.07, 6.45) is 0. The Morgan fingerprint density at radius 1 is 1.50 bits per heavy atom. The summed E-state index contributed by atoms with van der Waals surface area (Å²) in [6, 6.07) is 0. The lowest BCUT2D eigenvalue weighted by Gasteiger charge is -1.65. The molecule has 0 aromatic heterocycles. The first kappa shape index (κ1) is 4.94. The second-order valence-electron chi connectivity index (χ2n) is 0.634. The van der Waals surface area contributed by atoms with E-state index in [1.165, 1.54) is 0 Å². The van der Waals surface area contributed by atoms with Gasteiger partial charge in [0, 0.05) is 0 Å². The Labute approximate surface area is 33.0 Å². The number of carbonyl (C=O) groups is 2. The molecule has 34 valence electrons. The quantitative estimate of drug-likeness (QED) is 0.286. The molecule has 0 amide bonds. The highest BCUT2D eigenvalue weighted by Gasteiger charge is 2.16. The molecule has 0 spiro atoms. The molecule has 0 aliphatic rings. The standard InChI is InChI=1S/C2H2O4/c3-1(4)2(5)6/h(H,3,4)(H,5,6)/p+1. The van der Waals surface area contributed by atoms with Gasteiger partial charge in [-0.3, -0.25) is 0 Å². The van der Waals surface area contributed by atoms with Crippen LogP contribution in [0.5, 0.6) is 0 Å². The van der Waals surface area contributed by atoms with Crippen molar-refractivity contribution in [3.05, 3.63) is 0 Å². The van der Waals surface area contributed by atoms with E-state index >= 15 is 0 Å². The summed E-state index contributed by atoms with van der Waals surface area (Å²) >= 11 is 0. The first-order valence-electron chi connectivity index (χ1n) is 1.13. The van der Waals surface area contributed by atoms with Crippen LogP contribution in [0.4, 0.5) is 0 Å². The Morgan fingerprint density at radius 3 is 1.67 bits per heavy atom. The molecular formula is C2H3O4+. The van der Waals surface area contributed by atoms with Crippen molar-refractivity contribution in [3.63, 3.8) is 0 Å². The van der Waals surface area contributed by atoms with E-state index in [-0.39, 0.29) is 0 Å². The Balaban J connectivity index is 3.57. The van der Waals surface area contributed by atoms with Gasteiger partial charge in [-0.05, 0) is 0 Å². The minimum atomic E-state index is -1.71. The molecule has 0 fully saturated rings. The van der Waals surface area contributed by atoms with Crippen molar-refractivity contribution in [3.8, 4) is 0 Å². The van der Waals surface area contributed by atoms with Crippen LogP contribution in [0.15, 0.2) is 0 Å². The predicted molar refractivity (Wildman–Crippen MR) is 16.3 cm³/mol. The molecule has 0 bridgehead atoms. The molecule has 0 aromatic rings. The van der Waals surface area contributed by atoms with Crippen molar-refractivity contribution < 1.29 is 19.8 Å². The zero-order valence-electron chi connectivity index (χ0n) is 2.76. The van der Waals surface area contributed by atoms with E-state index in [0.717, 1.165) is 0 Å². The SMILES string of the molecule is O=C(O)C(=O)[OH2+]. The largest absolute Gasteiger partial charge is 0.627 e. The molecule has 4 heteroatoms. The van der Waals surface area contributed by atoms with Crippen LogP contribution in [0.2, 0.25) is 0 Å². The van der Waals surface area contributed by atoms with E-state index < -0.39 is 11.9 Å². The summed E-state index contributed by atoms with van der Waals surface area (Å²) < 4.78 is 0. The van der Waals surface area contributed by atoms with Crippen LogP contribution in [0, 0.1) is 0 Å². The van der Waals surface area contributed by atoms with E-state index in [2.05, 4.69) is 0 Å². The topological polar surface area (TPSA) is 77.3 Å². The molecule has 0 radical (unpaired) electrons. The van der Waals surface area contributed by atoms with E-state index in [1.807, 2.05) is 0 Å².